The number of aryl methyl sites for hydroxylation is 1. The van der Waals surface area contributed by atoms with Crippen molar-refractivity contribution >= 4 is 17.2 Å². The highest BCUT2D eigenvalue weighted by atomic mass is 32.1. The van der Waals surface area contributed by atoms with Crippen LogP contribution in [0.2, 0.25) is 0 Å². The maximum Gasteiger partial charge on any atom is 0.221 e. The number of carbonyl (C=O) groups excluding carboxylic acids is 1. The molecule has 112 valence electrons. The molecule has 0 radical (unpaired) electrons. The van der Waals surface area contributed by atoms with E-state index in [0.29, 0.717) is 19.5 Å². The highest BCUT2D eigenvalue weighted by molar-refractivity contribution is 7.12. The van der Waals surface area contributed by atoms with Crippen LogP contribution in [0.5, 0.6) is 0 Å². The molecule has 5 heteroatoms. The van der Waals surface area contributed by atoms with E-state index in [0.717, 1.165) is 22.7 Å². The molecule has 0 spiro atoms. The number of rotatable bonds is 7. The maximum absolute atomic E-state index is 11.5. The van der Waals surface area contributed by atoms with E-state index >= 15 is 0 Å². The Morgan fingerprint density at radius 2 is 2.00 bits per heavy atom. The lowest BCUT2D eigenvalue weighted by Gasteiger charge is -2.03. The van der Waals surface area contributed by atoms with Gasteiger partial charge in [-0.05, 0) is 14.0 Å². The van der Waals surface area contributed by atoms with Crippen molar-refractivity contribution in [3.05, 3.63) is 40.2 Å². The van der Waals surface area contributed by atoms with Crippen molar-refractivity contribution in [1.29, 1.82) is 0 Å². The van der Waals surface area contributed by atoms with E-state index in [1.165, 1.54) is 4.88 Å². The van der Waals surface area contributed by atoms with Crippen LogP contribution >= 0.6 is 11.3 Å². The summed E-state index contributed by atoms with van der Waals surface area (Å²) in [5.74, 6) is 0.0842. The predicted molar refractivity (Wildman–Crippen MR) is 87.5 cm³/mol. The minimum Gasteiger partial charge on any atom is -0.356 e. The molecule has 0 aliphatic rings. The first-order valence-corrected chi connectivity index (χ1v) is 7.95. The summed E-state index contributed by atoms with van der Waals surface area (Å²) in [6, 6.07) is 10.2. The molecule has 1 aromatic carbocycles. The van der Waals surface area contributed by atoms with Crippen LogP contribution in [-0.2, 0) is 11.2 Å². The molecule has 4 nitrogen and oxygen atoms in total. The Labute approximate surface area is 129 Å². The van der Waals surface area contributed by atoms with E-state index in [9.17, 15) is 4.79 Å². The van der Waals surface area contributed by atoms with Crippen LogP contribution in [0, 0.1) is 6.92 Å². The quantitative estimate of drug-likeness (QED) is 0.826. The zero-order valence-corrected chi connectivity index (χ0v) is 13.3. The summed E-state index contributed by atoms with van der Waals surface area (Å²) in [6.07, 6.45) is 1.30. The smallest absolute Gasteiger partial charge is 0.221 e. The summed E-state index contributed by atoms with van der Waals surface area (Å²) in [5, 5.41) is 6.96. The molecule has 0 bridgehead atoms. The normalized spacial score (nSPS) is 10.6. The zero-order valence-electron chi connectivity index (χ0n) is 12.5. The fraction of sp³-hybridized carbons (Fsp3) is 0.375. The summed E-state index contributed by atoms with van der Waals surface area (Å²) in [6.45, 7) is 3.44. The van der Waals surface area contributed by atoms with Crippen LogP contribution in [0.25, 0.3) is 11.3 Å². The largest absolute Gasteiger partial charge is 0.356 e. The molecule has 0 saturated carbocycles. The summed E-state index contributed by atoms with van der Waals surface area (Å²) < 4.78 is 0. The fourth-order valence-electron chi connectivity index (χ4n) is 2.06. The second-order valence-corrected chi connectivity index (χ2v) is 6.12. The molecule has 1 amide bonds. The molecule has 0 fully saturated rings. The van der Waals surface area contributed by atoms with Gasteiger partial charge in [0.15, 0.2) is 0 Å². The van der Waals surface area contributed by atoms with Crippen molar-refractivity contribution in [3.63, 3.8) is 0 Å². The molecule has 2 N–H and O–H groups in total. The second-order valence-electron chi connectivity index (χ2n) is 4.83. The number of nitrogens with one attached hydrogen (secondary N) is 2. The number of nitrogens with zero attached hydrogens (tertiary/aromatic N) is 1. The Hall–Kier alpha value is -1.72. The molecule has 0 atom stereocenters. The lowest BCUT2D eigenvalue weighted by atomic mass is 10.1. The van der Waals surface area contributed by atoms with E-state index < -0.39 is 0 Å². The minimum absolute atomic E-state index is 0.0842. The molecule has 0 aliphatic heterocycles. The van der Waals surface area contributed by atoms with E-state index in [4.69, 9.17) is 4.98 Å². The van der Waals surface area contributed by atoms with Gasteiger partial charge in [-0.3, -0.25) is 4.79 Å². The molecule has 1 aromatic heterocycles. The third kappa shape index (κ3) is 4.65. The van der Waals surface area contributed by atoms with Crippen molar-refractivity contribution in [2.45, 2.75) is 19.8 Å². The minimum atomic E-state index is 0.0842. The van der Waals surface area contributed by atoms with Crippen molar-refractivity contribution in [2.75, 3.05) is 20.1 Å². The maximum atomic E-state index is 11.5. The molecule has 2 rings (SSSR count). The van der Waals surface area contributed by atoms with Gasteiger partial charge in [0.2, 0.25) is 5.91 Å². The van der Waals surface area contributed by atoms with Crippen molar-refractivity contribution in [3.8, 4) is 11.3 Å². The van der Waals surface area contributed by atoms with E-state index in [1.54, 1.807) is 11.3 Å². The van der Waals surface area contributed by atoms with Crippen LogP contribution < -0.4 is 10.6 Å². The molecule has 21 heavy (non-hydrogen) atoms. The van der Waals surface area contributed by atoms with Crippen molar-refractivity contribution < 1.29 is 4.79 Å². The number of aromatic nitrogens is 1. The Kier molecular flexibility index (Phi) is 5.90. The summed E-state index contributed by atoms with van der Waals surface area (Å²) in [5.41, 5.74) is 2.20. The third-order valence-electron chi connectivity index (χ3n) is 3.15. The highest BCUT2D eigenvalue weighted by Crippen LogP contribution is 2.27. The molecule has 0 aliphatic carbocycles. The Morgan fingerprint density at radius 3 is 2.71 bits per heavy atom. The molecule has 0 unspecified atom stereocenters. The summed E-state index contributed by atoms with van der Waals surface area (Å²) in [7, 11) is 1.84. The van der Waals surface area contributed by atoms with Gasteiger partial charge in [-0.1, -0.05) is 30.3 Å². The first-order chi connectivity index (χ1) is 10.2. The summed E-state index contributed by atoms with van der Waals surface area (Å²) >= 11 is 1.70. The van der Waals surface area contributed by atoms with Gasteiger partial charge >= 0.3 is 0 Å². The fourth-order valence-corrected chi connectivity index (χ4v) is 3.01. The van der Waals surface area contributed by atoms with Gasteiger partial charge in [0.05, 0.1) is 10.7 Å². The van der Waals surface area contributed by atoms with Crippen LogP contribution in [0.15, 0.2) is 30.3 Å². The monoisotopic (exact) mass is 303 g/mol. The van der Waals surface area contributed by atoms with Crippen molar-refractivity contribution in [2.24, 2.45) is 0 Å². The number of amides is 1. The van der Waals surface area contributed by atoms with Crippen LogP contribution in [-0.4, -0.2) is 31.0 Å². The van der Waals surface area contributed by atoms with Crippen molar-refractivity contribution in [1.82, 2.24) is 15.6 Å². The molecule has 2 aromatic rings. The van der Waals surface area contributed by atoms with Gasteiger partial charge in [-0.2, -0.15) is 0 Å². The second kappa shape index (κ2) is 7.90. The number of benzene rings is 1. The third-order valence-corrected chi connectivity index (χ3v) is 4.18. The van der Waals surface area contributed by atoms with Gasteiger partial charge in [-0.25, -0.2) is 4.98 Å². The molecule has 1 heterocycles. The Bertz CT molecular complexity index is 580. The van der Waals surface area contributed by atoms with Crippen LogP contribution in [0.1, 0.15) is 16.3 Å². The number of hydrogen-bond acceptors (Lipinski definition) is 4. The SMILES string of the molecule is CNCCC(=O)NCCc1nc(-c2ccccc2)c(C)s1. The van der Waals surface area contributed by atoms with Gasteiger partial charge in [0, 0.05) is 36.4 Å². The van der Waals surface area contributed by atoms with Crippen LogP contribution in [0.3, 0.4) is 0 Å². The molecule has 0 saturated heterocycles. The molecular formula is C16H21N3OS. The van der Waals surface area contributed by atoms with Gasteiger partial charge < -0.3 is 10.6 Å². The van der Waals surface area contributed by atoms with Gasteiger partial charge in [0.1, 0.15) is 0 Å². The topological polar surface area (TPSA) is 54.0 Å². The Balaban J connectivity index is 1.90. The Morgan fingerprint density at radius 1 is 1.24 bits per heavy atom. The first kappa shape index (κ1) is 15.7. The number of thiazole rings is 1. The highest BCUT2D eigenvalue weighted by Gasteiger charge is 2.09. The predicted octanol–water partition coefficient (Wildman–Crippen LogP) is 2.39. The summed E-state index contributed by atoms with van der Waals surface area (Å²) in [4.78, 5) is 17.4. The average Bonchev–Trinajstić information content (AvgIpc) is 2.87. The zero-order chi connectivity index (χ0) is 15.1. The van der Waals surface area contributed by atoms with Crippen LogP contribution in [0.4, 0.5) is 0 Å². The van der Waals surface area contributed by atoms with E-state index in [1.807, 2.05) is 25.2 Å². The average molecular weight is 303 g/mol. The molecular weight excluding hydrogens is 282 g/mol. The lowest BCUT2D eigenvalue weighted by molar-refractivity contribution is -0.120. The first-order valence-electron chi connectivity index (χ1n) is 7.13. The number of carbonyl (C=O) groups is 1. The van der Waals surface area contributed by atoms with Gasteiger partial charge in [-0.15, -0.1) is 11.3 Å². The van der Waals surface area contributed by atoms with E-state index in [-0.39, 0.29) is 5.91 Å². The standard InChI is InChI=1S/C16H21N3OS/c1-12-16(13-6-4-3-5-7-13)19-15(21-12)9-11-18-14(20)8-10-17-2/h3-7,17H,8-11H2,1-2H3,(H,18,20). The lowest BCUT2D eigenvalue weighted by Crippen LogP contribution is -2.28. The number of hydrogen-bond donors (Lipinski definition) is 2. The van der Waals surface area contributed by atoms with E-state index in [2.05, 4.69) is 29.7 Å². The van der Waals surface area contributed by atoms with Gasteiger partial charge in [0.25, 0.3) is 0 Å².